The van der Waals surface area contributed by atoms with Crippen LogP contribution in [0.4, 0.5) is 34.1 Å². The number of nitro groups is 2. The van der Waals surface area contributed by atoms with Gasteiger partial charge in [-0.05, 0) is 83.4 Å². The lowest BCUT2D eigenvalue weighted by Crippen LogP contribution is -2.13. The van der Waals surface area contributed by atoms with Gasteiger partial charge >= 0.3 is 0 Å². The molecule has 0 aliphatic rings. The van der Waals surface area contributed by atoms with E-state index in [1.54, 1.807) is 72.9 Å². The number of carbonyl (C=O) groups excluding carboxylic acids is 1. The van der Waals surface area contributed by atoms with Crippen molar-refractivity contribution < 1.29 is 19.7 Å². The summed E-state index contributed by atoms with van der Waals surface area (Å²) in [4.78, 5) is 39.5. The van der Waals surface area contributed by atoms with Crippen LogP contribution in [-0.2, 0) is 0 Å². The SMILES string of the molecule is Cc1ccccc1NC(=O)c1cc2ccc(C=Nc3ccc(Nc4c([N+](=O)[O-])cc([N+](=O)[O-])c5ccccc45)cc3)cc2cc1O. The summed E-state index contributed by atoms with van der Waals surface area (Å²) in [6.07, 6.45) is 1.66. The molecular formula is C35H25N5O6. The van der Waals surface area contributed by atoms with Crippen LogP contribution >= 0.6 is 0 Å². The predicted molar refractivity (Wildman–Crippen MR) is 179 cm³/mol. The van der Waals surface area contributed by atoms with E-state index < -0.39 is 21.4 Å². The van der Waals surface area contributed by atoms with Gasteiger partial charge in [0.1, 0.15) is 11.4 Å². The van der Waals surface area contributed by atoms with Gasteiger partial charge in [-0.15, -0.1) is 0 Å². The average molecular weight is 612 g/mol. The number of phenols is 1. The summed E-state index contributed by atoms with van der Waals surface area (Å²) in [5.74, 6) is -0.551. The maximum Gasteiger partial charge on any atom is 0.300 e. The summed E-state index contributed by atoms with van der Waals surface area (Å²) in [6, 6.07) is 30.4. The standard InChI is InChI=1S/C35H25N5O6/c1-21-6-2-5-9-30(21)38-35(42)29-17-23-11-10-22(16-24(23)18-33(29)41)20-36-25-12-14-26(15-13-25)37-34-28-8-4-3-7-27(28)31(39(43)44)19-32(34)40(45)46/h2-20,37,41H,1H3,(H,38,42). The molecule has 3 N–H and O–H groups in total. The third kappa shape index (κ3) is 5.92. The van der Waals surface area contributed by atoms with Crippen molar-refractivity contribution in [3.8, 4) is 5.75 Å². The van der Waals surface area contributed by atoms with E-state index in [4.69, 9.17) is 0 Å². The number of hydrogen-bond acceptors (Lipinski definition) is 8. The Balaban J connectivity index is 1.21. The number of aromatic hydroxyl groups is 1. The molecule has 6 aromatic carbocycles. The van der Waals surface area contributed by atoms with Gasteiger partial charge in [0.2, 0.25) is 0 Å². The fourth-order valence-corrected chi connectivity index (χ4v) is 5.16. The fraction of sp³-hybridized carbons (Fsp3) is 0.0286. The molecule has 0 aliphatic carbocycles. The Morgan fingerprint density at radius 1 is 0.783 bits per heavy atom. The molecule has 11 nitrogen and oxygen atoms in total. The number of anilines is 3. The van der Waals surface area contributed by atoms with Crippen LogP contribution in [0.2, 0.25) is 0 Å². The van der Waals surface area contributed by atoms with Crippen LogP contribution in [0.5, 0.6) is 5.75 Å². The van der Waals surface area contributed by atoms with Gasteiger partial charge in [-0.2, -0.15) is 0 Å². The molecule has 0 heterocycles. The minimum absolute atomic E-state index is 0.142. The highest BCUT2D eigenvalue weighted by molar-refractivity contribution is 6.09. The Morgan fingerprint density at radius 3 is 2.20 bits per heavy atom. The highest BCUT2D eigenvalue weighted by atomic mass is 16.6. The molecule has 0 atom stereocenters. The minimum atomic E-state index is -0.648. The molecule has 11 heteroatoms. The molecule has 46 heavy (non-hydrogen) atoms. The van der Waals surface area contributed by atoms with E-state index in [2.05, 4.69) is 15.6 Å². The minimum Gasteiger partial charge on any atom is -0.507 e. The lowest BCUT2D eigenvalue weighted by Gasteiger charge is -2.11. The number of nitro benzene ring substituents is 2. The van der Waals surface area contributed by atoms with Gasteiger partial charge in [-0.3, -0.25) is 30.0 Å². The molecule has 1 amide bonds. The largest absolute Gasteiger partial charge is 0.507 e. The number of phenolic OH excluding ortho intramolecular Hbond substituents is 1. The number of rotatable bonds is 8. The van der Waals surface area contributed by atoms with Gasteiger partial charge in [-0.25, -0.2) is 0 Å². The highest BCUT2D eigenvalue weighted by Gasteiger charge is 2.25. The second kappa shape index (κ2) is 12.2. The zero-order chi connectivity index (χ0) is 32.4. The van der Waals surface area contributed by atoms with Crippen molar-refractivity contribution in [2.75, 3.05) is 10.6 Å². The van der Waals surface area contributed by atoms with Crippen molar-refractivity contribution in [2.45, 2.75) is 6.92 Å². The Labute approximate surface area is 261 Å². The summed E-state index contributed by atoms with van der Waals surface area (Å²) in [7, 11) is 0. The van der Waals surface area contributed by atoms with Crippen molar-refractivity contribution in [2.24, 2.45) is 4.99 Å². The first-order valence-corrected chi connectivity index (χ1v) is 14.1. The first kappa shape index (κ1) is 29.5. The van der Waals surface area contributed by atoms with Crippen LogP contribution in [0.25, 0.3) is 21.5 Å². The van der Waals surface area contributed by atoms with Crippen LogP contribution < -0.4 is 10.6 Å². The monoisotopic (exact) mass is 611 g/mol. The number of amides is 1. The van der Waals surface area contributed by atoms with Crippen molar-refractivity contribution in [3.05, 3.63) is 146 Å². The lowest BCUT2D eigenvalue weighted by atomic mass is 10.0. The molecule has 0 unspecified atom stereocenters. The van der Waals surface area contributed by atoms with Gasteiger partial charge in [0, 0.05) is 23.0 Å². The number of carbonyl (C=O) groups is 1. The number of aryl methyl sites for hydroxylation is 1. The second-order valence-electron chi connectivity index (χ2n) is 10.5. The number of hydrogen-bond donors (Lipinski definition) is 3. The highest BCUT2D eigenvalue weighted by Crippen LogP contribution is 2.40. The predicted octanol–water partition coefficient (Wildman–Crippen LogP) is 8.57. The van der Waals surface area contributed by atoms with E-state index in [0.29, 0.717) is 22.4 Å². The number of para-hydroxylation sites is 1. The Hall–Kier alpha value is -6.62. The molecule has 0 fully saturated rings. The Kier molecular flexibility index (Phi) is 7.79. The van der Waals surface area contributed by atoms with E-state index in [1.807, 2.05) is 43.3 Å². The molecule has 6 aromatic rings. The van der Waals surface area contributed by atoms with Gasteiger partial charge in [0.25, 0.3) is 17.3 Å². The first-order chi connectivity index (χ1) is 22.2. The summed E-state index contributed by atoms with van der Waals surface area (Å²) in [5, 5.41) is 42.1. The van der Waals surface area contributed by atoms with E-state index in [-0.39, 0.29) is 28.1 Å². The third-order valence-electron chi connectivity index (χ3n) is 7.51. The van der Waals surface area contributed by atoms with Crippen molar-refractivity contribution in [1.29, 1.82) is 0 Å². The zero-order valence-electron chi connectivity index (χ0n) is 24.3. The van der Waals surface area contributed by atoms with Gasteiger partial charge in [0.15, 0.2) is 0 Å². The van der Waals surface area contributed by atoms with Gasteiger partial charge < -0.3 is 15.7 Å². The maximum absolute atomic E-state index is 12.9. The summed E-state index contributed by atoms with van der Waals surface area (Å²) in [6.45, 7) is 1.89. The van der Waals surface area contributed by atoms with Crippen molar-refractivity contribution in [3.63, 3.8) is 0 Å². The van der Waals surface area contributed by atoms with Crippen LogP contribution in [0, 0.1) is 27.2 Å². The molecule has 226 valence electrons. The van der Waals surface area contributed by atoms with Crippen LogP contribution in [0.3, 0.4) is 0 Å². The Bertz CT molecular complexity index is 2210. The number of fused-ring (bicyclic) bond motifs is 2. The third-order valence-corrected chi connectivity index (χ3v) is 7.51. The van der Waals surface area contributed by atoms with E-state index in [0.717, 1.165) is 28.0 Å². The fourth-order valence-electron chi connectivity index (χ4n) is 5.16. The van der Waals surface area contributed by atoms with Crippen LogP contribution in [-0.4, -0.2) is 27.1 Å². The molecule has 0 radical (unpaired) electrons. The van der Waals surface area contributed by atoms with Crippen molar-refractivity contribution >= 4 is 67.8 Å². The maximum atomic E-state index is 12.9. The van der Waals surface area contributed by atoms with E-state index in [1.165, 1.54) is 0 Å². The summed E-state index contributed by atoms with van der Waals surface area (Å²) < 4.78 is 0. The van der Waals surface area contributed by atoms with Crippen molar-refractivity contribution in [1.82, 2.24) is 0 Å². The molecule has 0 aliphatic heterocycles. The number of non-ortho nitro benzene ring substituents is 1. The van der Waals surface area contributed by atoms with Crippen LogP contribution in [0.1, 0.15) is 21.5 Å². The van der Waals surface area contributed by atoms with Gasteiger partial charge in [0.05, 0.1) is 32.6 Å². The Morgan fingerprint density at radius 2 is 1.48 bits per heavy atom. The normalized spacial score (nSPS) is 11.2. The van der Waals surface area contributed by atoms with E-state index in [9.17, 15) is 30.1 Å². The summed E-state index contributed by atoms with van der Waals surface area (Å²) >= 11 is 0. The number of nitrogens with one attached hydrogen (secondary N) is 2. The quantitative estimate of drug-likeness (QED) is 0.0882. The molecular weight excluding hydrogens is 586 g/mol. The van der Waals surface area contributed by atoms with Gasteiger partial charge in [-0.1, -0.05) is 48.5 Å². The first-order valence-electron chi connectivity index (χ1n) is 14.1. The zero-order valence-corrected chi connectivity index (χ0v) is 24.3. The molecule has 0 saturated carbocycles. The topological polar surface area (TPSA) is 160 Å². The molecule has 0 saturated heterocycles. The van der Waals surface area contributed by atoms with Crippen LogP contribution in [0.15, 0.2) is 114 Å². The number of aliphatic imine (C=N–C) groups is 1. The molecule has 6 rings (SSSR count). The van der Waals surface area contributed by atoms with E-state index >= 15 is 0 Å². The lowest BCUT2D eigenvalue weighted by molar-refractivity contribution is -0.392. The molecule has 0 aromatic heterocycles. The number of benzene rings is 6. The molecule has 0 spiro atoms. The second-order valence-corrected chi connectivity index (χ2v) is 10.5. The summed E-state index contributed by atoms with van der Waals surface area (Å²) in [5.41, 5.74) is 3.05. The smallest absolute Gasteiger partial charge is 0.300 e. The average Bonchev–Trinajstić information content (AvgIpc) is 3.04. The number of nitrogens with zero attached hydrogens (tertiary/aromatic N) is 3. The molecule has 0 bridgehead atoms.